The van der Waals surface area contributed by atoms with Gasteiger partial charge in [0.05, 0.1) is 22.7 Å². The molecule has 0 unspecified atom stereocenters. The number of ketones is 1. The maximum Gasteiger partial charge on any atom is 0.299 e. The normalized spacial score (nSPS) is 14.5. The fourth-order valence-electron chi connectivity index (χ4n) is 2.08. The molecule has 19 heavy (non-hydrogen) atoms. The van der Waals surface area contributed by atoms with E-state index in [4.69, 9.17) is 5.26 Å². The molecule has 98 valence electrons. The third kappa shape index (κ3) is 2.37. The quantitative estimate of drug-likeness (QED) is 0.780. The van der Waals surface area contributed by atoms with Crippen molar-refractivity contribution in [1.29, 1.82) is 5.26 Å². The predicted molar refractivity (Wildman–Crippen MR) is 71.9 cm³/mol. The lowest BCUT2D eigenvalue weighted by Gasteiger charge is -2.21. The molecule has 0 radical (unpaired) electrons. The van der Waals surface area contributed by atoms with Gasteiger partial charge in [-0.1, -0.05) is 11.6 Å². The van der Waals surface area contributed by atoms with E-state index in [0.717, 1.165) is 5.56 Å². The van der Waals surface area contributed by atoms with E-state index in [-0.39, 0.29) is 0 Å². The fourth-order valence-corrected chi connectivity index (χ4v) is 2.08. The van der Waals surface area contributed by atoms with Crippen molar-refractivity contribution in [3.63, 3.8) is 0 Å². The lowest BCUT2D eigenvalue weighted by Crippen LogP contribution is -2.32. The third-order valence-electron chi connectivity index (χ3n) is 3.39. The maximum absolute atomic E-state index is 12.0. The summed E-state index contributed by atoms with van der Waals surface area (Å²) in [7, 11) is 0. The summed E-state index contributed by atoms with van der Waals surface area (Å²) < 4.78 is 0. The van der Waals surface area contributed by atoms with Crippen LogP contribution in [0.25, 0.3) is 0 Å². The summed E-state index contributed by atoms with van der Waals surface area (Å²) >= 11 is 0. The number of amides is 1. The molecular formula is C15H16N2O2. The average molecular weight is 256 g/mol. The Kier molecular flexibility index (Phi) is 3.15. The smallest absolute Gasteiger partial charge is 0.299 e. The summed E-state index contributed by atoms with van der Waals surface area (Å²) in [5.74, 6) is -0.942. The zero-order chi connectivity index (χ0) is 14.2. The van der Waals surface area contributed by atoms with E-state index in [1.165, 1.54) is 4.90 Å². The number of anilines is 1. The Labute approximate surface area is 112 Å². The van der Waals surface area contributed by atoms with Crippen LogP contribution < -0.4 is 4.90 Å². The highest BCUT2D eigenvalue weighted by molar-refractivity contribution is 6.52. The van der Waals surface area contributed by atoms with Gasteiger partial charge in [-0.2, -0.15) is 5.26 Å². The van der Waals surface area contributed by atoms with Crippen LogP contribution in [0.15, 0.2) is 18.2 Å². The van der Waals surface area contributed by atoms with Crippen molar-refractivity contribution >= 4 is 17.4 Å². The lowest BCUT2D eigenvalue weighted by atomic mass is 9.91. The monoisotopic (exact) mass is 256 g/mol. The Balaban J connectivity index is 2.27. The molecular weight excluding hydrogens is 240 g/mol. The highest BCUT2D eigenvalue weighted by atomic mass is 16.2. The largest absolute Gasteiger partial charge is 0.305 e. The number of nitriles is 1. The molecule has 2 rings (SSSR count). The van der Waals surface area contributed by atoms with Gasteiger partial charge in [-0.25, -0.2) is 0 Å². The fraction of sp³-hybridized carbons (Fsp3) is 0.400. The number of aryl methyl sites for hydroxylation is 1. The lowest BCUT2D eigenvalue weighted by molar-refractivity contribution is -0.114. The van der Waals surface area contributed by atoms with Crippen LogP contribution in [-0.2, 0) is 4.79 Å². The minimum absolute atomic E-state index is 0.390. The Morgan fingerprint density at radius 3 is 2.63 bits per heavy atom. The van der Waals surface area contributed by atoms with E-state index < -0.39 is 17.1 Å². The second kappa shape index (κ2) is 4.51. The number of Topliss-reactive ketones (excluding diaryl/α,β-unsaturated/α-hetero) is 1. The van der Waals surface area contributed by atoms with Crippen LogP contribution in [0.3, 0.4) is 0 Å². The molecule has 1 heterocycles. The zero-order valence-corrected chi connectivity index (χ0v) is 11.4. The van der Waals surface area contributed by atoms with Gasteiger partial charge in [0.2, 0.25) is 0 Å². The van der Waals surface area contributed by atoms with Gasteiger partial charge in [-0.3, -0.25) is 9.59 Å². The van der Waals surface area contributed by atoms with Gasteiger partial charge in [0.15, 0.2) is 0 Å². The number of hydrogen-bond donors (Lipinski definition) is 0. The Morgan fingerprint density at radius 1 is 1.32 bits per heavy atom. The SMILES string of the molecule is Cc1ccc2c(c1)C(=O)C(=O)N2CCC(C)(C)C#N. The molecule has 0 atom stereocenters. The van der Waals surface area contributed by atoms with E-state index in [2.05, 4.69) is 6.07 Å². The van der Waals surface area contributed by atoms with Crippen molar-refractivity contribution in [2.45, 2.75) is 27.2 Å². The summed E-state index contributed by atoms with van der Waals surface area (Å²) in [6.45, 7) is 5.93. The van der Waals surface area contributed by atoms with Crippen LogP contribution in [0.1, 0.15) is 36.2 Å². The highest BCUT2D eigenvalue weighted by Gasteiger charge is 2.36. The molecule has 4 nitrogen and oxygen atoms in total. The number of rotatable bonds is 3. The number of carbonyl (C=O) groups is 2. The molecule has 0 spiro atoms. The summed E-state index contributed by atoms with van der Waals surface area (Å²) in [6.07, 6.45) is 0.538. The minimum Gasteiger partial charge on any atom is -0.305 e. The average Bonchev–Trinajstić information content (AvgIpc) is 2.60. The minimum atomic E-state index is -0.503. The Bertz CT molecular complexity index is 597. The number of nitrogens with zero attached hydrogens (tertiary/aromatic N) is 2. The zero-order valence-electron chi connectivity index (χ0n) is 11.4. The van der Waals surface area contributed by atoms with E-state index in [1.807, 2.05) is 26.8 Å². The molecule has 0 fully saturated rings. The van der Waals surface area contributed by atoms with Crippen molar-refractivity contribution in [3.05, 3.63) is 29.3 Å². The Morgan fingerprint density at radius 2 is 2.00 bits per heavy atom. The molecule has 0 bridgehead atoms. The summed E-state index contributed by atoms with van der Waals surface area (Å²) in [4.78, 5) is 25.4. The molecule has 0 N–H and O–H groups in total. The third-order valence-corrected chi connectivity index (χ3v) is 3.39. The molecule has 1 aliphatic rings. The second-order valence-electron chi connectivity index (χ2n) is 5.55. The van der Waals surface area contributed by atoms with Crippen molar-refractivity contribution in [2.75, 3.05) is 11.4 Å². The first kappa shape index (κ1) is 13.3. The first-order valence-electron chi connectivity index (χ1n) is 6.24. The molecule has 4 heteroatoms. The van der Waals surface area contributed by atoms with Gasteiger partial charge in [0.25, 0.3) is 11.7 Å². The number of hydrogen-bond acceptors (Lipinski definition) is 3. The molecule has 0 saturated carbocycles. The van der Waals surface area contributed by atoms with E-state index in [9.17, 15) is 9.59 Å². The molecule has 0 aromatic heterocycles. The van der Waals surface area contributed by atoms with Crippen LogP contribution in [0.5, 0.6) is 0 Å². The maximum atomic E-state index is 12.0. The van der Waals surface area contributed by atoms with Crippen molar-refractivity contribution in [3.8, 4) is 6.07 Å². The van der Waals surface area contributed by atoms with Gasteiger partial charge >= 0.3 is 0 Å². The summed E-state index contributed by atoms with van der Waals surface area (Å²) in [5, 5.41) is 9.00. The Hall–Kier alpha value is -2.15. The molecule has 0 aliphatic carbocycles. The molecule has 1 aromatic rings. The highest BCUT2D eigenvalue weighted by Crippen LogP contribution is 2.31. The van der Waals surface area contributed by atoms with Crippen molar-refractivity contribution in [2.24, 2.45) is 5.41 Å². The van der Waals surface area contributed by atoms with Crippen LogP contribution in [0.4, 0.5) is 5.69 Å². The number of carbonyl (C=O) groups excluding carboxylic acids is 2. The van der Waals surface area contributed by atoms with Crippen LogP contribution in [0.2, 0.25) is 0 Å². The molecule has 1 aliphatic heterocycles. The van der Waals surface area contributed by atoms with E-state index >= 15 is 0 Å². The summed E-state index contributed by atoms with van der Waals surface area (Å²) in [6, 6.07) is 7.62. The van der Waals surface area contributed by atoms with Crippen molar-refractivity contribution in [1.82, 2.24) is 0 Å². The molecule has 1 amide bonds. The molecule has 1 aromatic carbocycles. The van der Waals surface area contributed by atoms with Gasteiger partial charge < -0.3 is 4.90 Å². The van der Waals surface area contributed by atoms with E-state index in [1.54, 1.807) is 12.1 Å². The summed E-state index contributed by atoms with van der Waals surface area (Å²) in [5.41, 5.74) is 1.59. The van der Waals surface area contributed by atoms with Crippen molar-refractivity contribution < 1.29 is 9.59 Å². The van der Waals surface area contributed by atoms with Gasteiger partial charge in [0.1, 0.15) is 0 Å². The molecule has 0 saturated heterocycles. The second-order valence-corrected chi connectivity index (χ2v) is 5.55. The number of fused-ring (bicyclic) bond motifs is 1. The van der Waals surface area contributed by atoms with Gasteiger partial charge in [-0.05, 0) is 39.3 Å². The van der Waals surface area contributed by atoms with Crippen LogP contribution >= 0.6 is 0 Å². The standard InChI is InChI=1S/C15H16N2O2/c1-10-4-5-12-11(8-10)13(18)14(19)17(12)7-6-15(2,3)9-16/h4-5,8H,6-7H2,1-3H3. The van der Waals surface area contributed by atoms with Gasteiger partial charge in [-0.15, -0.1) is 0 Å². The van der Waals surface area contributed by atoms with E-state index in [0.29, 0.717) is 24.2 Å². The first-order valence-corrected chi connectivity index (χ1v) is 6.24. The first-order chi connectivity index (χ1) is 8.85. The van der Waals surface area contributed by atoms with Crippen LogP contribution in [-0.4, -0.2) is 18.2 Å². The van der Waals surface area contributed by atoms with Crippen LogP contribution in [0, 0.1) is 23.7 Å². The topological polar surface area (TPSA) is 61.2 Å². The number of benzene rings is 1. The predicted octanol–water partition coefficient (Wildman–Crippen LogP) is 2.46. The van der Waals surface area contributed by atoms with Gasteiger partial charge in [0, 0.05) is 6.54 Å².